The molecule has 3 heterocycles. The van der Waals surface area contributed by atoms with E-state index in [-0.39, 0.29) is 37.3 Å². The molecule has 0 aliphatic carbocycles. The van der Waals surface area contributed by atoms with Gasteiger partial charge in [-0.3, -0.25) is 0 Å². The van der Waals surface area contributed by atoms with Crippen molar-refractivity contribution in [1.82, 2.24) is 9.55 Å². The molecule has 2 aromatic heterocycles. The number of pyridine rings is 1. The van der Waals surface area contributed by atoms with Gasteiger partial charge in [0, 0.05) is 66.5 Å². The second-order valence-corrected chi connectivity index (χ2v) is 18.4. The Hall–Kier alpha value is -5.90. The molecule has 1 aliphatic rings. The van der Waals surface area contributed by atoms with Gasteiger partial charge >= 0.3 is 0 Å². The number of anilines is 2. The first-order valence-electron chi connectivity index (χ1n) is 20.8. The Morgan fingerprint density at radius 3 is 2.02 bits per heavy atom. The third kappa shape index (κ3) is 8.17. The molecule has 8 aromatic rings. The molecule has 0 atom stereocenters. The van der Waals surface area contributed by atoms with Gasteiger partial charge in [0.15, 0.2) is 0 Å². The van der Waals surface area contributed by atoms with Crippen molar-refractivity contribution in [2.75, 3.05) is 9.80 Å². The zero-order chi connectivity index (χ0) is 41.8. The number of rotatable bonds is 8. The summed E-state index contributed by atoms with van der Waals surface area (Å²) in [6.07, 6.45) is 4.13. The quantitative estimate of drug-likeness (QED) is 0.142. The summed E-state index contributed by atoms with van der Waals surface area (Å²) in [4.78, 5) is 9.36. The van der Waals surface area contributed by atoms with Crippen LogP contribution in [0.1, 0.15) is 72.1 Å². The van der Waals surface area contributed by atoms with E-state index in [4.69, 9.17) is 9.72 Å². The number of allylic oxidation sites excluding steroid dienone is 1. The molecule has 9 rings (SSSR count). The van der Waals surface area contributed by atoms with Gasteiger partial charge in [0.1, 0.15) is 5.82 Å². The molecule has 5 nitrogen and oxygen atoms in total. The molecule has 0 bridgehead atoms. The fourth-order valence-electron chi connectivity index (χ4n) is 8.19. The standard InChI is InChI=1S/C55H51N4O.Pt/c1-53(2,3)41-28-29-56-52(33-41)59-49-25-16-15-24-47(49)48-27-26-45(35-50(48)59)60-46-31-39(38-18-11-9-12-19-38)30-44(34-46)57-36-51(54(4,5)6)58(37-57)43-23-17-22-42(32-43)55(7,8)40-20-13-10-14-21-40;/h9-33,36-37H,1-8H3;/q-3;. The minimum atomic E-state index is -0.173. The molecule has 6 aromatic carbocycles. The van der Waals surface area contributed by atoms with Crippen LogP contribution in [0, 0.1) is 24.2 Å². The molecule has 6 heteroatoms. The number of nitrogens with zero attached hydrogens (tertiary/aromatic N) is 4. The fraction of sp³-hybridized carbons (Fsp3) is 0.200. The zero-order valence-corrected chi connectivity index (χ0v) is 38.4. The van der Waals surface area contributed by atoms with Crippen molar-refractivity contribution in [3.05, 3.63) is 199 Å². The van der Waals surface area contributed by atoms with E-state index in [1.807, 2.05) is 18.3 Å². The first-order chi connectivity index (χ1) is 28.7. The van der Waals surface area contributed by atoms with Crippen LogP contribution in [0.25, 0.3) is 38.8 Å². The molecule has 0 N–H and O–H groups in total. The fourth-order valence-corrected chi connectivity index (χ4v) is 8.19. The van der Waals surface area contributed by atoms with E-state index in [1.165, 1.54) is 22.4 Å². The predicted octanol–water partition coefficient (Wildman–Crippen LogP) is 14.2. The minimum absolute atomic E-state index is 0. The Labute approximate surface area is 375 Å². The van der Waals surface area contributed by atoms with Crippen LogP contribution in [0.5, 0.6) is 11.5 Å². The Kier molecular flexibility index (Phi) is 11.1. The summed E-state index contributed by atoms with van der Waals surface area (Å²) in [5, 5.41) is 2.23. The number of para-hydroxylation sites is 1. The van der Waals surface area contributed by atoms with Crippen LogP contribution in [0.3, 0.4) is 0 Å². The van der Waals surface area contributed by atoms with Crippen LogP contribution in [0.2, 0.25) is 0 Å². The van der Waals surface area contributed by atoms with Gasteiger partial charge < -0.3 is 19.1 Å². The van der Waals surface area contributed by atoms with Gasteiger partial charge in [-0.2, -0.15) is 6.07 Å². The summed E-state index contributed by atoms with van der Waals surface area (Å²) in [5.41, 5.74) is 10.7. The number of hydrogen-bond donors (Lipinski definition) is 0. The summed E-state index contributed by atoms with van der Waals surface area (Å²) in [7, 11) is 0. The summed E-state index contributed by atoms with van der Waals surface area (Å²) < 4.78 is 8.99. The van der Waals surface area contributed by atoms with Crippen LogP contribution in [-0.2, 0) is 31.9 Å². The smallest absolute Gasteiger partial charge is 0.135 e. The van der Waals surface area contributed by atoms with Crippen LogP contribution in [0.4, 0.5) is 11.4 Å². The SMILES string of the molecule is CC(C)(C)C1=CN(c2[c-]c(Oc3[c-]c4c(cc3)c3ccccc3n4-c3cc(C(C)(C)C)ccn3)cc(-c3ccccc3)c2)[CH-]N1c1cccc(C(C)(C)c2ccccc2)c1.[Pt]. The summed E-state index contributed by atoms with van der Waals surface area (Å²) in [6, 6.07) is 58.6. The molecule has 0 unspecified atom stereocenters. The number of aromatic nitrogens is 2. The first-order valence-corrected chi connectivity index (χ1v) is 20.8. The Morgan fingerprint density at radius 2 is 1.28 bits per heavy atom. The molecule has 0 saturated heterocycles. The topological polar surface area (TPSA) is 33.5 Å². The van der Waals surface area contributed by atoms with E-state index in [0.717, 1.165) is 50.1 Å². The van der Waals surface area contributed by atoms with E-state index in [9.17, 15) is 0 Å². The third-order valence-corrected chi connectivity index (χ3v) is 11.7. The van der Waals surface area contributed by atoms with Crippen molar-refractivity contribution in [3.8, 4) is 28.4 Å². The number of hydrogen-bond acceptors (Lipinski definition) is 4. The normalized spacial score (nSPS) is 13.4. The van der Waals surface area contributed by atoms with Gasteiger partial charge in [0.05, 0.1) is 0 Å². The molecular weight excluding hydrogens is 928 g/mol. The largest absolute Gasteiger partial charge is 0.509 e. The van der Waals surface area contributed by atoms with Crippen molar-refractivity contribution in [1.29, 1.82) is 0 Å². The molecular formula is C55H51N4OPt-3. The molecule has 0 saturated carbocycles. The van der Waals surface area contributed by atoms with Crippen molar-refractivity contribution >= 4 is 33.2 Å². The van der Waals surface area contributed by atoms with Crippen molar-refractivity contribution in [2.24, 2.45) is 5.41 Å². The van der Waals surface area contributed by atoms with Gasteiger partial charge in [0.2, 0.25) is 0 Å². The molecule has 0 fully saturated rings. The number of benzene rings is 6. The maximum Gasteiger partial charge on any atom is 0.135 e. The molecule has 1 aliphatic heterocycles. The van der Waals surface area contributed by atoms with E-state index in [2.05, 4.69) is 228 Å². The second kappa shape index (κ2) is 16.2. The van der Waals surface area contributed by atoms with Gasteiger partial charge in [-0.05, 0) is 69.6 Å². The summed E-state index contributed by atoms with van der Waals surface area (Å²) in [5.74, 6) is 2.05. The molecule has 0 spiro atoms. The van der Waals surface area contributed by atoms with E-state index in [1.54, 1.807) is 0 Å². The van der Waals surface area contributed by atoms with E-state index < -0.39 is 0 Å². The van der Waals surface area contributed by atoms with Gasteiger partial charge in [-0.1, -0.05) is 152 Å². The average molecular weight is 979 g/mol. The maximum absolute atomic E-state index is 6.79. The van der Waals surface area contributed by atoms with Crippen molar-refractivity contribution in [3.63, 3.8) is 0 Å². The monoisotopic (exact) mass is 978 g/mol. The molecule has 0 amide bonds. The minimum Gasteiger partial charge on any atom is -0.509 e. The Balaban J connectivity index is 0.00000514. The van der Waals surface area contributed by atoms with Gasteiger partial charge in [-0.15, -0.1) is 53.6 Å². The summed E-state index contributed by atoms with van der Waals surface area (Å²) in [6.45, 7) is 20.2. The van der Waals surface area contributed by atoms with Crippen LogP contribution in [-0.4, -0.2) is 9.55 Å². The van der Waals surface area contributed by atoms with Crippen LogP contribution in [0.15, 0.2) is 164 Å². The van der Waals surface area contributed by atoms with Crippen molar-refractivity contribution in [2.45, 2.75) is 66.2 Å². The van der Waals surface area contributed by atoms with E-state index >= 15 is 0 Å². The Morgan fingerprint density at radius 1 is 0.574 bits per heavy atom. The second-order valence-electron chi connectivity index (χ2n) is 18.4. The Bertz CT molecular complexity index is 2880. The number of ether oxygens (including phenoxy) is 1. The predicted molar refractivity (Wildman–Crippen MR) is 249 cm³/mol. The molecule has 61 heavy (non-hydrogen) atoms. The van der Waals surface area contributed by atoms with Gasteiger partial charge in [-0.25, -0.2) is 4.98 Å². The number of fused-ring (bicyclic) bond motifs is 3. The third-order valence-electron chi connectivity index (χ3n) is 11.7. The van der Waals surface area contributed by atoms with Gasteiger partial charge in [0.25, 0.3) is 0 Å². The van der Waals surface area contributed by atoms with Crippen molar-refractivity contribution < 1.29 is 25.8 Å². The average Bonchev–Trinajstić information content (AvgIpc) is 3.85. The first kappa shape index (κ1) is 41.8. The van der Waals surface area contributed by atoms with Crippen LogP contribution >= 0.6 is 0 Å². The zero-order valence-electron chi connectivity index (χ0n) is 36.1. The maximum atomic E-state index is 6.79. The molecule has 0 radical (unpaired) electrons. The summed E-state index contributed by atoms with van der Waals surface area (Å²) >= 11 is 0. The van der Waals surface area contributed by atoms with E-state index in [0.29, 0.717) is 11.5 Å². The van der Waals surface area contributed by atoms with Crippen LogP contribution < -0.4 is 14.5 Å². The molecule has 310 valence electrons.